The third-order valence-electron chi connectivity index (χ3n) is 4.22. The van der Waals surface area contributed by atoms with Crippen LogP contribution in [-0.2, 0) is 14.8 Å². The summed E-state index contributed by atoms with van der Waals surface area (Å²) in [6.07, 6.45) is 4.65. The van der Waals surface area contributed by atoms with E-state index in [1.54, 1.807) is 12.1 Å². The summed E-state index contributed by atoms with van der Waals surface area (Å²) in [6.45, 7) is 5.48. The van der Waals surface area contributed by atoms with Gasteiger partial charge in [0.2, 0.25) is 15.9 Å². The molecule has 1 N–H and O–H groups in total. The lowest BCUT2D eigenvalue weighted by Gasteiger charge is -2.33. The molecule has 7 heteroatoms. The average Bonchev–Trinajstić information content (AvgIpc) is 2.52. The average molecular weight is 387 g/mol. The van der Waals surface area contributed by atoms with Crippen molar-refractivity contribution in [2.75, 3.05) is 6.54 Å². The molecule has 0 aliphatic heterocycles. The fraction of sp³-hybridized carbons (Fsp3) is 0.611. The van der Waals surface area contributed by atoms with E-state index in [-0.39, 0.29) is 23.4 Å². The van der Waals surface area contributed by atoms with E-state index in [0.29, 0.717) is 5.02 Å². The lowest BCUT2D eigenvalue weighted by molar-refractivity contribution is -0.123. The van der Waals surface area contributed by atoms with Crippen LogP contribution in [0.25, 0.3) is 0 Å². The summed E-state index contributed by atoms with van der Waals surface area (Å²) in [5, 5.41) is 3.34. The molecule has 0 bridgehead atoms. The first-order chi connectivity index (χ1) is 11.6. The van der Waals surface area contributed by atoms with Crippen molar-refractivity contribution in [3.05, 3.63) is 29.3 Å². The molecule has 0 spiro atoms. The van der Waals surface area contributed by atoms with Gasteiger partial charge in [-0.3, -0.25) is 4.79 Å². The van der Waals surface area contributed by atoms with E-state index in [1.165, 1.54) is 16.4 Å². The molecule has 140 valence electrons. The predicted molar refractivity (Wildman–Crippen MR) is 100 cm³/mol. The van der Waals surface area contributed by atoms with E-state index in [0.717, 1.165) is 32.1 Å². The van der Waals surface area contributed by atoms with Gasteiger partial charge in [-0.1, -0.05) is 30.9 Å². The molecular weight excluding hydrogens is 360 g/mol. The highest BCUT2D eigenvalue weighted by molar-refractivity contribution is 7.89. The van der Waals surface area contributed by atoms with Crippen LogP contribution in [0.15, 0.2) is 29.2 Å². The highest BCUT2D eigenvalue weighted by Gasteiger charge is 2.34. The van der Waals surface area contributed by atoms with Crippen molar-refractivity contribution in [2.45, 2.75) is 69.4 Å². The second-order valence-corrected chi connectivity index (χ2v) is 9.92. The number of hydrogen-bond donors (Lipinski definition) is 1. The van der Waals surface area contributed by atoms with E-state index in [9.17, 15) is 13.2 Å². The molecule has 1 aromatic carbocycles. The van der Waals surface area contributed by atoms with E-state index in [1.807, 2.05) is 20.8 Å². The van der Waals surface area contributed by atoms with Gasteiger partial charge in [-0.25, -0.2) is 8.42 Å². The number of rotatable bonds is 5. The molecule has 1 amide bonds. The zero-order valence-electron chi connectivity index (χ0n) is 15.1. The summed E-state index contributed by atoms with van der Waals surface area (Å²) in [6, 6.07) is 5.97. The minimum Gasteiger partial charge on any atom is -0.350 e. The lowest BCUT2D eigenvalue weighted by atomic mass is 9.95. The highest BCUT2D eigenvalue weighted by Crippen LogP contribution is 2.28. The van der Waals surface area contributed by atoms with Crippen LogP contribution in [0.5, 0.6) is 0 Å². The van der Waals surface area contributed by atoms with Gasteiger partial charge in [-0.05, 0) is 57.9 Å². The first-order valence-corrected chi connectivity index (χ1v) is 10.5. The predicted octanol–water partition coefficient (Wildman–Crippen LogP) is 3.58. The second-order valence-electron chi connectivity index (χ2n) is 7.59. The van der Waals surface area contributed by atoms with Crippen LogP contribution in [-0.4, -0.2) is 36.8 Å². The Hall–Kier alpha value is -1.11. The maximum atomic E-state index is 13.1. The van der Waals surface area contributed by atoms with Crippen molar-refractivity contribution in [1.29, 1.82) is 0 Å². The number of nitrogens with zero attached hydrogens (tertiary/aromatic N) is 1. The van der Waals surface area contributed by atoms with Crippen molar-refractivity contribution < 1.29 is 13.2 Å². The van der Waals surface area contributed by atoms with Crippen LogP contribution in [0.3, 0.4) is 0 Å². The molecule has 0 saturated heterocycles. The molecule has 1 aromatic rings. The molecule has 2 rings (SSSR count). The Balaban J connectivity index is 2.29. The zero-order valence-corrected chi connectivity index (χ0v) is 16.7. The molecule has 0 unspecified atom stereocenters. The molecule has 1 saturated carbocycles. The van der Waals surface area contributed by atoms with Gasteiger partial charge in [0.1, 0.15) is 0 Å². The Morgan fingerprint density at radius 1 is 1.16 bits per heavy atom. The molecule has 1 fully saturated rings. The van der Waals surface area contributed by atoms with Gasteiger partial charge in [-0.2, -0.15) is 4.31 Å². The van der Waals surface area contributed by atoms with E-state index >= 15 is 0 Å². The summed E-state index contributed by atoms with van der Waals surface area (Å²) >= 11 is 5.87. The first kappa shape index (κ1) is 20.2. The lowest BCUT2D eigenvalue weighted by Crippen LogP contribution is -2.50. The molecular formula is C18H27ClN2O3S. The van der Waals surface area contributed by atoms with Gasteiger partial charge in [-0.15, -0.1) is 0 Å². The topological polar surface area (TPSA) is 66.5 Å². The largest absolute Gasteiger partial charge is 0.350 e. The fourth-order valence-electron chi connectivity index (χ4n) is 3.12. The Bertz CT molecular complexity index is 690. The number of hydrogen-bond acceptors (Lipinski definition) is 3. The number of halogens is 1. The molecule has 1 aliphatic carbocycles. The van der Waals surface area contributed by atoms with Crippen molar-refractivity contribution >= 4 is 27.5 Å². The smallest absolute Gasteiger partial charge is 0.243 e. The number of amides is 1. The Morgan fingerprint density at radius 3 is 2.24 bits per heavy atom. The summed E-state index contributed by atoms with van der Waals surface area (Å²) in [7, 11) is -3.75. The molecule has 5 nitrogen and oxygen atoms in total. The van der Waals surface area contributed by atoms with E-state index in [4.69, 9.17) is 11.6 Å². The monoisotopic (exact) mass is 386 g/mol. The first-order valence-electron chi connectivity index (χ1n) is 8.68. The molecule has 0 aromatic heterocycles. The molecule has 0 heterocycles. The number of sulfonamides is 1. The van der Waals surface area contributed by atoms with Crippen LogP contribution in [0, 0.1) is 0 Å². The maximum Gasteiger partial charge on any atom is 0.243 e. The minimum atomic E-state index is -3.75. The summed E-state index contributed by atoms with van der Waals surface area (Å²) in [5.41, 5.74) is -0.403. The van der Waals surface area contributed by atoms with Crippen LogP contribution >= 0.6 is 11.6 Å². The standard InChI is InChI=1S/C18H27ClN2O3S/c1-18(2,3)20-17(22)13-21(15-7-5-4-6-8-15)25(23,24)16-11-9-14(19)10-12-16/h9-12,15H,4-8,13H2,1-3H3,(H,20,22). The van der Waals surface area contributed by atoms with Crippen molar-refractivity contribution in [3.8, 4) is 0 Å². The molecule has 0 atom stereocenters. The second kappa shape index (κ2) is 8.06. The Morgan fingerprint density at radius 2 is 1.72 bits per heavy atom. The van der Waals surface area contributed by atoms with Crippen molar-refractivity contribution in [2.24, 2.45) is 0 Å². The fourth-order valence-corrected chi connectivity index (χ4v) is 4.89. The van der Waals surface area contributed by atoms with Gasteiger partial charge in [0.25, 0.3) is 0 Å². The van der Waals surface area contributed by atoms with Crippen LogP contribution < -0.4 is 5.32 Å². The summed E-state index contributed by atoms with van der Waals surface area (Å²) in [5.74, 6) is -0.282. The number of benzene rings is 1. The Kier molecular flexibility index (Phi) is 6.51. The van der Waals surface area contributed by atoms with Crippen LogP contribution in [0.2, 0.25) is 5.02 Å². The summed E-state index contributed by atoms with van der Waals surface area (Å²) < 4.78 is 27.7. The molecule has 1 aliphatic rings. The third-order valence-corrected chi connectivity index (χ3v) is 6.38. The van der Waals surface area contributed by atoms with E-state index in [2.05, 4.69) is 5.32 Å². The van der Waals surface area contributed by atoms with Gasteiger partial charge >= 0.3 is 0 Å². The van der Waals surface area contributed by atoms with Gasteiger partial charge in [0.05, 0.1) is 11.4 Å². The maximum absolute atomic E-state index is 13.1. The van der Waals surface area contributed by atoms with Gasteiger partial charge in [0, 0.05) is 16.6 Å². The normalized spacial score (nSPS) is 16.8. The quantitative estimate of drug-likeness (QED) is 0.841. The SMILES string of the molecule is CC(C)(C)NC(=O)CN(C1CCCCC1)S(=O)(=O)c1ccc(Cl)cc1. The number of carbonyl (C=O) groups excluding carboxylic acids is 1. The molecule has 25 heavy (non-hydrogen) atoms. The molecule has 0 radical (unpaired) electrons. The van der Waals surface area contributed by atoms with Crippen molar-refractivity contribution in [1.82, 2.24) is 9.62 Å². The zero-order chi connectivity index (χ0) is 18.7. The van der Waals surface area contributed by atoms with E-state index < -0.39 is 15.6 Å². The third kappa shape index (κ3) is 5.69. The van der Waals surface area contributed by atoms with Gasteiger partial charge < -0.3 is 5.32 Å². The summed E-state index contributed by atoms with van der Waals surface area (Å²) in [4.78, 5) is 12.6. The minimum absolute atomic E-state index is 0.139. The van der Waals surface area contributed by atoms with Crippen LogP contribution in [0.1, 0.15) is 52.9 Å². The Labute approximate surface area is 155 Å². The van der Waals surface area contributed by atoms with Crippen LogP contribution in [0.4, 0.5) is 0 Å². The van der Waals surface area contributed by atoms with Crippen molar-refractivity contribution in [3.63, 3.8) is 0 Å². The van der Waals surface area contributed by atoms with Gasteiger partial charge in [0.15, 0.2) is 0 Å². The highest BCUT2D eigenvalue weighted by atomic mass is 35.5. The number of carbonyl (C=O) groups is 1. The number of nitrogens with one attached hydrogen (secondary N) is 1.